The van der Waals surface area contributed by atoms with Crippen LogP contribution in [0.2, 0.25) is 0 Å². The highest BCUT2D eigenvalue weighted by molar-refractivity contribution is 8.18. The number of amides is 2. The highest BCUT2D eigenvalue weighted by Gasteiger charge is 2.34. The summed E-state index contributed by atoms with van der Waals surface area (Å²) in [6.07, 6.45) is 5.46. The van der Waals surface area contributed by atoms with Crippen molar-refractivity contribution in [1.82, 2.24) is 4.90 Å². The van der Waals surface area contributed by atoms with Gasteiger partial charge in [-0.05, 0) is 60.2 Å². The van der Waals surface area contributed by atoms with E-state index in [0.29, 0.717) is 11.4 Å². The molecule has 0 atom stereocenters. The summed E-state index contributed by atoms with van der Waals surface area (Å²) in [5.41, 5.74) is 2.16. The van der Waals surface area contributed by atoms with Crippen molar-refractivity contribution in [2.75, 3.05) is 12.8 Å². The quantitative estimate of drug-likeness (QED) is 0.526. The number of hydrogen-bond donors (Lipinski definition) is 0. The van der Waals surface area contributed by atoms with Crippen LogP contribution < -0.4 is 0 Å². The maximum atomic E-state index is 12.5. The fourth-order valence-corrected chi connectivity index (χ4v) is 3.90. The summed E-state index contributed by atoms with van der Waals surface area (Å²) in [4.78, 5) is 27.7. The minimum atomic E-state index is -0.183. The summed E-state index contributed by atoms with van der Waals surface area (Å²) in [6, 6.07) is 18.1. The molecule has 2 amide bonds. The smallest absolute Gasteiger partial charge is 0.268 e. The molecule has 0 spiro atoms. The van der Waals surface area contributed by atoms with Gasteiger partial charge in [-0.15, -0.1) is 11.8 Å². The Bertz CT molecular complexity index is 785. The van der Waals surface area contributed by atoms with E-state index < -0.39 is 0 Å². The standard InChI is InChI=1S/C20H19NO2S2/c1-24-17-11-9-16(10-12-17)14-18-19(22)21(20(23)25-18)13-5-8-15-6-3-2-4-7-15/h2-4,6-7,9-12,14H,5,8,13H2,1H3. The number of carbonyl (C=O) groups excluding carboxylic acids is 2. The van der Waals surface area contributed by atoms with Crippen molar-refractivity contribution in [2.24, 2.45) is 0 Å². The third-order valence-electron chi connectivity index (χ3n) is 3.98. The molecule has 3 nitrogen and oxygen atoms in total. The van der Waals surface area contributed by atoms with E-state index in [0.717, 1.165) is 30.2 Å². The van der Waals surface area contributed by atoms with Crippen LogP contribution in [0.1, 0.15) is 17.5 Å². The Kier molecular flexibility index (Phi) is 6.00. The molecule has 1 fully saturated rings. The number of benzene rings is 2. The van der Waals surface area contributed by atoms with E-state index in [-0.39, 0.29) is 11.1 Å². The molecular formula is C20H19NO2S2. The molecule has 0 aliphatic carbocycles. The maximum Gasteiger partial charge on any atom is 0.293 e. The van der Waals surface area contributed by atoms with Crippen LogP contribution in [0.25, 0.3) is 6.08 Å². The van der Waals surface area contributed by atoms with E-state index in [2.05, 4.69) is 12.1 Å². The molecule has 0 unspecified atom stereocenters. The molecule has 2 aromatic carbocycles. The van der Waals surface area contributed by atoms with Gasteiger partial charge in [0.2, 0.25) is 0 Å². The van der Waals surface area contributed by atoms with E-state index in [9.17, 15) is 9.59 Å². The predicted octanol–water partition coefficient (Wildman–Crippen LogP) is 5.08. The highest BCUT2D eigenvalue weighted by Crippen LogP contribution is 2.32. The molecule has 0 bridgehead atoms. The van der Waals surface area contributed by atoms with E-state index in [1.54, 1.807) is 17.8 Å². The van der Waals surface area contributed by atoms with Gasteiger partial charge in [0.15, 0.2) is 0 Å². The van der Waals surface area contributed by atoms with Gasteiger partial charge >= 0.3 is 0 Å². The molecule has 0 radical (unpaired) electrons. The molecule has 1 saturated heterocycles. The number of carbonyl (C=O) groups is 2. The van der Waals surface area contributed by atoms with Crippen molar-refractivity contribution in [3.8, 4) is 0 Å². The monoisotopic (exact) mass is 369 g/mol. The Balaban J connectivity index is 1.62. The fraction of sp³-hybridized carbons (Fsp3) is 0.200. The molecule has 2 aromatic rings. The Labute approximate surface area is 156 Å². The SMILES string of the molecule is CSc1ccc(C=C2SC(=O)N(CCCc3ccccc3)C2=O)cc1. The number of imide groups is 1. The van der Waals surface area contributed by atoms with Crippen LogP contribution in [0.5, 0.6) is 0 Å². The summed E-state index contributed by atoms with van der Waals surface area (Å²) < 4.78 is 0. The molecule has 128 valence electrons. The van der Waals surface area contributed by atoms with Crippen LogP contribution in [-0.4, -0.2) is 28.8 Å². The molecule has 1 aliphatic rings. The van der Waals surface area contributed by atoms with Gasteiger partial charge in [-0.2, -0.15) is 0 Å². The van der Waals surface area contributed by atoms with Gasteiger partial charge in [0, 0.05) is 11.4 Å². The van der Waals surface area contributed by atoms with Crippen LogP contribution in [0.4, 0.5) is 4.79 Å². The van der Waals surface area contributed by atoms with Crippen molar-refractivity contribution in [1.29, 1.82) is 0 Å². The Morgan fingerprint density at radius 2 is 1.76 bits per heavy atom. The van der Waals surface area contributed by atoms with E-state index >= 15 is 0 Å². The van der Waals surface area contributed by atoms with Gasteiger partial charge in [-0.3, -0.25) is 14.5 Å². The number of rotatable bonds is 6. The van der Waals surface area contributed by atoms with Crippen LogP contribution in [0.15, 0.2) is 64.4 Å². The number of hydrogen-bond acceptors (Lipinski definition) is 4. The molecular weight excluding hydrogens is 350 g/mol. The summed E-state index contributed by atoms with van der Waals surface area (Å²) in [7, 11) is 0. The molecule has 1 aliphatic heterocycles. The van der Waals surface area contributed by atoms with Gasteiger partial charge in [-0.25, -0.2) is 0 Å². The lowest BCUT2D eigenvalue weighted by atomic mass is 10.1. The Morgan fingerprint density at radius 1 is 1.04 bits per heavy atom. The van der Waals surface area contributed by atoms with E-state index in [1.807, 2.05) is 48.7 Å². The minimum Gasteiger partial charge on any atom is -0.268 e. The van der Waals surface area contributed by atoms with Crippen LogP contribution in [0.3, 0.4) is 0 Å². The topological polar surface area (TPSA) is 37.4 Å². The van der Waals surface area contributed by atoms with Crippen molar-refractivity contribution >= 4 is 40.7 Å². The number of aryl methyl sites for hydroxylation is 1. The predicted molar refractivity (Wildman–Crippen MR) is 106 cm³/mol. The summed E-state index contributed by atoms with van der Waals surface area (Å²) in [5.74, 6) is -0.183. The van der Waals surface area contributed by atoms with Gasteiger partial charge in [0.25, 0.3) is 11.1 Å². The van der Waals surface area contributed by atoms with Gasteiger partial charge in [0.1, 0.15) is 0 Å². The van der Waals surface area contributed by atoms with E-state index in [4.69, 9.17) is 0 Å². The average Bonchev–Trinajstić information content (AvgIpc) is 2.90. The lowest BCUT2D eigenvalue weighted by molar-refractivity contribution is -0.122. The molecule has 1 heterocycles. The molecule has 0 aromatic heterocycles. The zero-order valence-electron chi connectivity index (χ0n) is 14.0. The summed E-state index contributed by atoms with van der Waals surface area (Å²) in [5, 5.41) is -0.176. The first-order chi connectivity index (χ1) is 12.2. The number of nitrogens with zero attached hydrogens (tertiary/aromatic N) is 1. The average molecular weight is 370 g/mol. The third kappa shape index (κ3) is 4.55. The van der Waals surface area contributed by atoms with Crippen molar-refractivity contribution in [3.05, 3.63) is 70.6 Å². The van der Waals surface area contributed by atoms with Gasteiger partial charge < -0.3 is 0 Å². The van der Waals surface area contributed by atoms with Crippen LogP contribution in [-0.2, 0) is 11.2 Å². The zero-order chi connectivity index (χ0) is 17.6. The number of thioether (sulfide) groups is 2. The molecule has 0 saturated carbocycles. The normalized spacial score (nSPS) is 16.0. The second kappa shape index (κ2) is 8.41. The summed E-state index contributed by atoms with van der Waals surface area (Å²) in [6.45, 7) is 0.461. The highest BCUT2D eigenvalue weighted by atomic mass is 32.2. The molecule has 3 rings (SSSR count). The molecule has 5 heteroatoms. The van der Waals surface area contributed by atoms with Gasteiger partial charge in [0.05, 0.1) is 4.91 Å². The van der Waals surface area contributed by atoms with Crippen LogP contribution >= 0.6 is 23.5 Å². The third-order valence-corrected chi connectivity index (χ3v) is 5.63. The maximum absolute atomic E-state index is 12.5. The van der Waals surface area contributed by atoms with Crippen molar-refractivity contribution in [2.45, 2.75) is 17.7 Å². The second-order valence-electron chi connectivity index (χ2n) is 5.70. The summed E-state index contributed by atoms with van der Waals surface area (Å²) >= 11 is 2.70. The first kappa shape index (κ1) is 17.8. The largest absolute Gasteiger partial charge is 0.293 e. The van der Waals surface area contributed by atoms with Crippen molar-refractivity contribution < 1.29 is 9.59 Å². The zero-order valence-corrected chi connectivity index (χ0v) is 15.6. The molecule has 0 N–H and O–H groups in total. The first-order valence-corrected chi connectivity index (χ1v) is 10.1. The second-order valence-corrected chi connectivity index (χ2v) is 7.57. The van der Waals surface area contributed by atoms with Crippen molar-refractivity contribution in [3.63, 3.8) is 0 Å². The Morgan fingerprint density at radius 3 is 2.44 bits per heavy atom. The first-order valence-electron chi connectivity index (χ1n) is 8.11. The lowest BCUT2D eigenvalue weighted by Gasteiger charge is -2.12. The lowest BCUT2D eigenvalue weighted by Crippen LogP contribution is -2.29. The fourth-order valence-electron chi connectivity index (χ4n) is 2.63. The van der Waals surface area contributed by atoms with E-state index in [1.165, 1.54) is 15.4 Å². The van der Waals surface area contributed by atoms with Gasteiger partial charge in [-0.1, -0.05) is 42.5 Å². The Hall–Kier alpha value is -1.98. The minimum absolute atomic E-state index is 0.176. The van der Waals surface area contributed by atoms with Crippen LogP contribution in [0, 0.1) is 0 Å². The molecule has 25 heavy (non-hydrogen) atoms.